The molecule has 0 unspecified atom stereocenters. The molecule has 6 heteroatoms. The van der Waals surface area contributed by atoms with Crippen LogP contribution in [0.15, 0.2) is 42.5 Å². The maximum atomic E-state index is 12.6. The molecule has 0 atom stereocenters. The van der Waals surface area contributed by atoms with Crippen molar-refractivity contribution >= 4 is 35.0 Å². The van der Waals surface area contributed by atoms with Gasteiger partial charge in [-0.3, -0.25) is 19.3 Å². The van der Waals surface area contributed by atoms with Crippen molar-refractivity contribution in [2.75, 3.05) is 18.0 Å². The molecule has 5 nitrogen and oxygen atoms in total. The third-order valence-electron chi connectivity index (χ3n) is 4.69. The van der Waals surface area contributed by atoms with E-state index in [-0.39, 0.29) is 29.5 Å². The molecular weight excluding hydrogens is 340 g/mol. The molecule has 0 spiro atoms. The lowest BCUT2D eigenvalue weighted by molar-refractivity contribution is -0.118. The van der Waals surface area contributed by atoms with Gasteiger partial charge in [-0.15, -0.1) is 0 Å². The zero-order chi connectivity index (χ0) is 17.6. The minimum Gasteiger partial charge on any atom is -0.312 e. The summed E-state index contributed by atoms with van der Waals surface area (Å²) in [5, 5.41) is 0.262. The Morgan fingerprint density at radius 3 is 2.64 bits per heavy atom. The highest BCUT2D eigenvalue weighted by molar-refractivity contribution is 6.37. The average Bonchev–Trinajstić information content (AvgIpc) is 3.14. The number of fused-ring (bicyclic) bond motifs is 2. The molecule has 0 radical (unpaired) electrons. The van der Waals surface area contributed by atoms with E-state index in [9.17, 15) is 14.4 Å². The van der Waals surface area contributed by atoms with Gasteiger partial charge in [0.2, 0.25) is 5.91 Å². The first kappa shape index (κ1) is 15.8. The lowest BCUT2D eigenvalue weighted by atomic mass is 10.1. The van der Waals surface area contributed by atoms with Gasteiger partial charge in [-0.05, 0) is 30.2 Å². The molecule has 0 bridgehead atoms. The van der Waals surface area contributed by atoms with Crippen LogP contribution in [0, 0.1) is 0 Å². The van der Waals surface area contributed by atoms with Crippen molar-refractivity contribution in [2.24, 2.45) is 0 Å². The number of carbonyl (C=O) groups is 3. The molecule has 2 aromatic carbocycles. The lowest BCUT2D eigenvalue weighted by Gasteiger charge is -2.19. The van der Waals surface area contributed by atoms with Crippen LogP contribution in [0.5, 0.6) is 0 Å². The lowest BCUT2D eigenvalue weighted by Crippen LogP contribution is -2.36. The number of para-hydroxylation sites is 1. The molecule has 0 fully saturated rings. The topological polar surface area (TPSA) is 57.7 Å². The number of rotatable bonds is 3. The van der Waals surface area contributed by atoms with Crippen LogP contribution in [-0.2, 0) is 11.2 Å². The summed E-state index contributed by atoms with van der Waals surface area (Å²) in [7, 11) is 0. The molecule has 25 heavy (non-hydrogen) atoms. The van der Waals surface area contributed by atoms with Crippen LogP contribution in [-0.4, -0.2) is 35.7 Å². The molecule has 2 aliphatic rings. The fourth-order valence-corrected chi connectivity index (χ4v) is 3.69. The maximum absolute atomic E-state index is 12.6. The summed E-state index contributed by atoms with van der Waals surface area (Å²) in [4.78, 5) is 40.3. The van der Waals surface area contributed by atoms with Crippen molar-refractivity contribution in [3.8, 4) is 0 Å². The monoisotopic (exact) mass is 354 g/mol. The van der Waals surface area contributed by atoms with E-state index in [0.29, 0.717) is 12.1 Å². The Kier molecular flexibility index (Phi) is 3.81. The first-order valence-electron chi connectivity index (χ1n) is 8.11. The SMILES string of the molecule is O=C1c2cccc(Cl)c2C(=O)N1CCC(=O)N1CCc2ccccc21. The molecular formula is C19H15ClN2O3. The van der Waals surface area contributed by atoms with Crippen LogP contribution < -0.4 is 4.90 Å². The third kappa shape index (κ3) is 2.51. The van der Waals surface area contributed by atoms with E-state index in [1.54, 1.807) is 23.1 Å². The highest BCUT2D eigenvalue weighted by Gasteiger charge is 2.37. The molecule has 2 heterocycles. The van der Waals surface area contributed by atoms with Gasteiger partial charge in [0.15, 0.2) is 0 Å². The Morgan fingerprint density at radius 1 is 1.04 bits per heavy atom. The predicted octanol–water partition coefficient (Wildman–Crippen LogP) is 2.92. The fourth-order valence-electron chi connectivity index (χ4n) is 3.44. The van der Waals surface area contributed by atoms with E-state index in [1.165, 1.54) is 0 Å². The number of nitrogens with zero attached hydrogens (tertiary/aromatic N) is 2. The standard InChI is InChI=1S/C19H15ClN2O3/c20-14-6-3-5-13-17(14)19(25)22(18(13)24)11-9-16(23)21-10-8-12-4-1-2-7-15(12)21/h1-7H,8-11H2. The number of amides is 3. The molecule has 0 aromatic heterocycles. The van der Waals surface area contributed by atoms with Crippen molar-refractivity contribution in [1.29, 1.82) is 0 Å². The van der Waals surface area contributed by atoms with Crippen molar-refractivity contribution in [2.45, 2.75) is 12.8 Å². The smallest absolute Gasteiger partial charge is 0.263 e. The van der Waals surface area contributed by atoms with Crippen molar-refractivity contribution in [3.05, 3.63) is 64.2 Å². The van der Waals surface area contributed by atoms with Crippen LogP contribution >= 0.6 is 11.6 Å². The highest BCUT2D eigenvalue weighted by Crippen LogP contribution is 2.30. The summed E-state index contributed by atoms with van der Waals surface area (Å²) in [6.07, 6.45) is 0.919. The minimum atomic E-state index is -0.430. The van der Waals surface area contributed by atoms with Gasteiger partial charge in [0.25, 0.3) is 11.8 Å². The maximum Gasteiger partial charge on any atom is 0.263 e. The average molecular weight is 355 g/mol. The van der Waals surface area contributed by atoms with Gasteiger partial charge in [-0.25, -0.2) is 0 Å². The molecule has 4 rings (SSSR count). The van der Waals surface area contributed by atoms with Gasteiger partial charge >= 0.3 is 0 Å². The number of carbonyl (C=O) groups excluding carboxylic acids is 3. The van der Waals surface area contributed by atoms with Crippen LogP contribution in [0.4, 0.5) is 5.69 Å². The Balaban J connectivity index is 1.48. The van der Waals surface area contributed by atoms with Gasteiger partial charge in [0, 0.05) is 25.2 Å². The van der Waals surface area contributed by atoms with Gasteiger partial charge in [-0.2, -0.15) is 0 Å². The second-order valence-electron chi connectivity index (χ2n) is 6.10. The molecule has 126 valence electrons. The van der Waals surface area contributed by atoms with Gasteiger partial charge in [0.1, 0.15) is 0 Å². The number of hydrogen-bond donors (Lipinski definition) is 0. The second-order valence-corrected chi connectivity index (χ2v) is 6.51. The van der Waals surface area contributed by atoms with Crippen LogP contribution in [0.25, 0.3) is 0 Å². The Labute approximate surface area is 149 Å². The normalized spacial score (nSPS) is 15.6. The molecule has 2 aliphatic heterocycles. The number of hydrogen-bond acceptors (Lipinski definition) is 3. The molecule has 0 aliphatic carbocycles. The van der Waals surface area contributed by atoms with Crippen LogP contribution in [0.3, 0.4) is 0 Å². The second kappa shape index (κ2) is 6.01. The van der Waals surface area contributed by atoms with Crippen LogP contribution in [0.2, 0.25) is 5.02 Å². The summed E-state index contributed by atoms with van der Waals surface area (Å²) in [6, 6.07) is 12.6. The molecule has 0 saturated heterocycles. The fraction of sp³-hybridized carbons (Fsp3) is 0.211. The Hall–Kier alpha value is -2.66. The first-order chi connectivity index (χ1) is 12.1. The number of halogens is 1. The summed E-state index contributed by atoms with van der Waals surface area (Å²) in [6.45, 7) is 0.687. The third-order valence-corrected chi connectivity index (χ3v) is 5.00. The molecule has 0 saturated carbocycles. The Morgan fingerprint density at radius 2 is 1.84 bits per heavy atom. The van der Waals surface area contributed by atoms with Gasteiger partial charge in [-0.1, -0.05) is 35.9 Å². The summed E-state index contributed by atoms with van der Waals surface area (Å²) >= 11 is 6.04. The van der Waals surface area contributed by atoms with Crippen molar-refractivity contribution in [1.82, 2.24) is 4.90 Å². The van der Waals surface area contributed by atoms with E-state index >= 15 is 0 Å². The zero-order valence-electron chi connectivity index (χ0n) is 13.4. The highest BCUT2D eigenvalue weighted by atomic mass is 35.5. The quantitative estimate of drug-likeness (QED) is 0.796. The summed E-state index contributed by atoms with van der Waals surface area (Å²) in [5.41, 5.74) is 2.59. The van der Waals surface area contributed by atoms with Gasteiger partial charge in [0.05, 0.1) is 16.1 Å². The summed E-state index contributed by atoms with van der Waals surface area (Å²) < 4.78 is 0. The Bertz CT molecular complexity index is 909. The number of benzene rings is 2. The first-order valence-corrected chi connectivity index (χ1v) is 8.48. The largest absolute Gasteiger partial charge is 0.312 e. The molecule has 3 amide bonds. The van der Waals surface area contributed by atoms with E-state index in [2.05, 4.69) is 0 Å². The van der Waals surface area contributed by atoms with Gasteiger partial charge < -0.3 is 4.90 Å². The molecule has 0 N–H and O–H groups in total. The van der Waals surface area contributed by atoms with Crippen molar-refractivity contribution < 1.29 is 14.4 Å². The van der Waals surface area contributed by atoms with E-state index in [0.717, 1.165) is 22.6 Å². The van der Waals surface area contributed by atoms with Crippen LogP contribution in [0.1, 0.15) is 32.7 Å². The molecule has 2 aromatic rings. The van der Waals surface area contributed by atoms with Crippen molar-refractivity contribution in [3.63, 3.8) is 0 Å². The number of anilines is 1. The summed E-state index contributed by atoms with van der Waals surface area (Å²) in [5.74, 6) is -0.912. The minimum absolute atomic E-state index is 0.0557. The van der Waals surface area contributed by atoms with E-state index in [4.69, 9.17) is 11.6 Å². The predicted molar refractivity (Wildman–Crippen MR) is 93.9 cm³/mol. The van der Waals surface area contributed by atoms with E-state index < -0.39 is 11.8 Å². The van der Waals surface area contributed by atoms with E-state index in [1.807, 2.05) is 24.3 Å². The number of imide groups is 1. The zero-order valence-corrected chi connectivity index (χ0v) is 14.1.